The summed E-state index contributed by atoms with van der Waals surface area (Å²) in [5, 5.41) is 14.4. The van der Waals surface area contributed by atoms with Gasteiger partial charge in [0.2, 0.25) is 11.8 Å². The van der Waals surface area contributed by atoms with Gasteiger partial charge < -0.3 is 35.7 Å². The summed E-state index contributed by atoms with van der Waals surface area (Å²) in [6, 6.07) is -0.700. The molecule has 0 aromatic carbocycles. The van der Waals surface area contributed by atoms with Gasteiger partial charge in [0, 0.05) is 32.4 Å². The minimum atomic E-state index is -0.700. The Hall–Kier alpha value is -2.24. The van der Waals surface area contributed by atoms with E-state index in [2.05, 4.69) is 10.6 Å². The van der Waals surface area contributed by atoms with Crippen molar-refractivity contribution in [3.8, 4) is 0 Å². The maximum absolute atomic E-state index is 12.8. The number of nitrogens with one attached hydrogen (secondary N) is 2. The average Bonchev–Trinajstić information content (AvgIpc) is 2.98. The van der Waals surface area contributed by atoms with Crippen LogP contribution in [-0.4, -0.2) is 80.0 Å². The molecule has 0 heterocycles. The van der Waals surface area contributed by atoms with Crippen molar-refractivity contribution < 1.29 is 38.5 Å². The molecule has 0 aromatic rings. The molecule has 0 aliphatic carbocycles. The molecule has 1 atom stereocenters. The van der Waals surface area contributed by atoms with Crippen molar-refractivity contribution in [1.82, 2.24) is 10.6 Å². The summed E-state index contributed by atoms with van der Waals surface area (Å²) in [6.07, 6.45) is 18.5. The molecule has 0 saturated heterocycles. The van der Waals surface area contributed by atoms with Gasteiger partial charge in [0.1, 0.15) is 11.6 Å². The zero-order valence-electron chi connectivity index (χ0n) is 29.3. The molecular weight excluding hydrogens is 590 g/mol. The normalized spacial score (nSPS) is 12.1. The number of carboxylic acids is 1. The highest BCUT2D eigenvalue weighted by Crippen LogP contribution is 2.15. The van der Waals surface area contributed by atoms with E-state index in [0.717, 1.165) is 38.5 Å². The second-order valence-electron chi connectivity index (χ2n) is 13.1. The number of rotatable bonds is 32. The van der Waals surface area contributed by atoms with Gasteiger partial charge in [0.15, 0.2) is 0 Å². The molecule has 11 nitrogen and oxygen atoms in total. The molecule has 0 fully saturated rings. The number of amides is 2. The summed E-state index contributed by atoms with van der Waals surface area (Å²) in [4.78, 5) is 47.9. The van der Waals surface area contributed by atoms with Gasteiger partial charge in [-0.2, -0.15) is 0 Å². The van der Waals surface area contributed by atoms with Gasteiger partial charge >= 0.3 is 11.9 Å². The van der Waals surface area contributed by atoms with Crippen molar-refractivity contribution in [3.63, 3.8) is 0 Å². The number of aliphatic carboxylic acids is 1. The maximum atomic E-state index is 12.8. The van der Waals surface area contributed by atoms with Crippen molar-refractivity contribution >= 4 is 23.8 Å². The van der Waals surface area contributed by atoms with E-state index in [-0.39, 0.29) is 18.2 Å². The smallest absolute Gasteiger partial charge is 0.329 e. The Balaban J connectivity index is 4.01. The summed E-state index contributed by atoms with van der Waals surface area (Å²) in [5.74, 6) is -1.33. The van der Waals surface area contributed by atoms with Crippen LogP contribution in [0.25, 0.3) is 0 Å². The Morgan fingerprint density at radius 3 is 1.63 bits per heavy atom. The standard InChI is InChI=1S/C35H67N3O8/c1-35(2,3)46-34(43)30(20-18-19-25-37-31(39)23-26-44-28-29-45-27-24-36)38-32(40)21-16-14-12-10-8-6-4-5-7-9-11-13-15-17-22-33(41)42/h30H,4-29,36H2,1-3H3,(H,37,39)(H,38,40)(H,41,42)/t30-/m0/s1. The van der Waals surface area contributed by atoms with Gasteiger partial charge in [0.25, 0.3) is 0 Å². The molecule has 0 aliphatic rings. The Morgan fingerprint density at radius 2 is 1.13 bits per heavy atom. The number of carbonyl (C=O) groups excluding carboxylic acids is 3. The van der Waals surface area contributed by atoms with Crippen LogP contribution in [0.1, 0.15) is 149 Å². The number of nitrogens with two attached hydrogens (primary N) is 1. The third-order valence-electron chi connectivity index (χ3n) is 7.42. The van der Waals surface area contributed by atoms with E-state index >= 15 is 0 Å². The van der Waals surface area contributed by atoms with E-state index in [0.29, 0.717) is 71.6 Å². The van der Waals surface area contributed by atoms with Gasteiger partial charge in [-0.3, -0.25) is 14.4 Å². The largest absolute Gasteiger partial charge is 0.481 e. The van der Waals surface area contributed by atoms with Crippen LogP contribution in [0, 0.1) is 0 Å². The van der Waals surface area contributed by atoms with Crippen molar-refractivity contribution in [2.75, 3.05) is 39.5 Å². The number of unbranched alkanes of at least 4 members (excludes halogenated alkanes) is 14. The zero-order valence-corrected chi connectivity index (χ0v) is 29.3. The second-order valence-corrected chi connectivity index (χ2v) is 13.1. The Kier molecular flexibility index (Phi) is 28.6. The number of carbonyl (C=O) groups is 4. The third kappa shape index (κ3) is 31.7. The second kappa shape index (κ2) is 30.1. The highest BCUT2D eigenvalue weighted by atomic mass is 16.6. The fourth-order valence-corrected chi connectivity index (χ4v) is 4.93. The SMILES string of the molecule is CC(C)(C)OC(=O)[C@H](CCCCNC(=O)CCOCCOCCN)NC(=O)CCCCCCCCCCCCCCCCC(=O)O. The Morgan fingerprint density at radius 1 is 0.630 bits per heavy atom. The number of ether oxygens (including phenoxy) is 3. The molecule has 0 saturated carbocycles. The van der Waals surface area contributed by atoms with Gasteiger partial charge in [-0.25, -0.2) is 4.79 Å². The van der Waals surface area contributed by atoms with E-state index < -0.39 is 23.6 Å². The summed E-state index contributed by atoms with van der Waals surface area (Å²) < 4.78 is 16.1. The van der Waals surface area contributed by atoms with E-state index in [4.69, 9.17) is 25.1 Å². The fraction of sp³-hybridized carbons (Fsp3) is 0.886. The third-order valence-corrected chi connectivity index (χ3v) is 7.42. The van der Waals surface area contributed by atoms with Crippen molar-refractivity contribution in [1.29, 1.82) is 0 Å². The molecule has 0 unspecified atom stereocenters. The van der Waals surface area contributed by atoms with E-state index in [1.54, 1.807) is 0 Å². The molecule has 0 bridgehead atoms. The van der Waals surface area contributed by atoms with Crippen LogP contribution >= 0.6 is 0 Å². The maximum Gasteiger partial charge on any atom is 0.329 e. The lowest BCUT2D eigenvalue weighted by molar-refractivity contribution is -0.159. The topological polar surface area (TPSA) is 166 Å². The number of esters is 1. The molecule has 0 aromatic heterocycles. The lowest BCUT2D eigenvalue weighted by Gasteiger charge is -2.24. The molecule has 11 heteroatoms. The highest BCUT2D eigenvalue weighted by molar-refractivity contribution is 5.84. The summed E-state index contributed by atoms with van der Waals surface area (Å²) >= 11 is 0. The van der Waals surface area contributed by atoms with Gasteiger partial charge in [-0.1, -0.05) is 77.0 Å². The quantitative estimate of drug-likeness (QED) is 0.0516. The molecule has 0 radical (unpaired) electrons. The van der Waals surface area contributed by atoms with Gasteiger partial charge in [-0.15, -0.1) is 0 Å². The van der Waals surface area contributed by atoms with Crippen molar-refractivity contribution in [3.05, 3.63) is 0 Å². The molecule has 46 heavy (non-hydrogen) atoms. The number of hydrogen-bond acceptors (Lipinski definition) is 8. The minimum Gasteiger partial charge on any atom is -0.481 e. The fourth-order valence-electron chi connectivity index (χ4n) is 4.93. The molecule has 0 rings (SSSR count). The van der Waals surface area contributed by atoms with E-state index in [1.807, 2.05) is 20.8 Å². The summed E-state index contributed by atoms with van der Waals surface area (Å²) in [5.41, 5.74) is 4.71. The predicted octanol–water partition coefficient (Wildman–Crippen LogP) is 5.81. The first-order valence-corrected chi connectivity index (χ1v) is 17.9. The van der Waals surface area contributed by atoms with E-state index in [9.17, 15) is 19.2 Å². The Labute approximate surface area is 278 Å². The zero-order chi connectivity index (χ0) is 34.3. The van der Waals surface area contributed by atoms with Crippen LogP contribution in [0.5, 0.6) is 0 Å². The van der Waals surface area contributed by atoms with E-state index in [1.165, 1.54) is 51.4 Å². The Bertz CT molecular complexity index is 788. The average molecular weight is 658 g/mol. The summed E-state index contributed by atoms with van der Waals surface area (Å²) in [7, 11) is 0. The van der Waals surface area contributed by atoms with Crippen molar-refractivity contribution in [2.24, 2.45) is 5.73 Å². The van der Waals surface area contributed by atoms with Crippen molar-refractivity contribution in [2.45, 2.75) is 161 Å². The first-order chi connectivity index (χ1) is 22.0. The molecule has 2 amide bonds. The molecular formula is C35H67N3O8. The predicted molar refractivity (Wildman–Crippen MR) is 181 cm³/mol. The van der Waals surface area contributed by atoms with Crippen LogP contribution in [0.4, 0.5) is 0 Å². The number of hydrogen-bond donors (Lipinski definition) is 4. The van der Waals surface area contributed by atoms with Crippen LogP contribution in [-0.2, 0) is 33.4 Å². The molecule has 0 spiro atoms. The van der Waals surface area contributed by atoms with Gasteiger partial charge in [-0.05, 0) is 52.9 Å². The van der Waals surface area contributed by atoms with Crippen LogP contribution < -0.4 is 16.4 Å². The van der Waals surface area contributed by atoms with Gasteiger partial charge in [0.05, 0.1) is 26.4 Å². The molecule has 5 N–H and O–H groups in total. The monoisotopic (exact) mass is 657 g/mol. The lowest BCUT2D eigenvalue weighted by atomic mass is 10.0. The van der Waals surface area contributed by atoms with Crippen LogP contribution in [0.2, 0.25) is 0 Å². The highest BCUT2D eigenvalue weighted by Gasteiger charge is 2.26. The first kappa shape index (κ1) is 43.8. The first-order valence-electron chi connectivity index (χ1n) is 17.9. The van der Waals surface area contributed by atoms with Crippen LogP contribution in [0.15, 0.2) is 0 Å². The van der Waals surface area contributed by atoms with Crippen LogP contribution in [0.3, 0.4) is 0 Å². The summed E-state index contributed by atoms with van der Waals surface area (Å²) in [6.45, 7) is 8.10. The minimum absolute atomic E-state index is 0.0884. The molecule has 270 valence electrons. The molecule has 0 aliphatic heterocycles. The lowest BCUT2D eigenvalue weighted by Crippen LogP contribution is -2.44. The number of carboxylic acid groups (broad SMARTS) is 1.